The van der Waals surface area contributed by atoms with E-state index in [1.54, 1.807) is 6.92 Å². The van der Waals surface area contributed by atoms with E-state index in [1.165, 1.54) is 7.11 Å². The highest BCUT2D eigenvalue weighted by atomic mass is 19.4. The summed E-state index contributed by atoms with van der Waals surface area (Å²) in [6, 6.07) is 0. The average Bonchev–Trinajstić information content (AvgIpc) is 2.02. The van der Waals surface area contributed by atoms with Crippen molar-refractivity contribution in [3.8, 4) is 0 Å². The van der Waals surface area contributed by atoms with Crippen LogP contribution in [0.2, 0.25) is 0 Å². The van der Waals surface area contributed by atoms with Crippen LogP contribution >= 0.6 is 0 Å². The maximum absolute atomic E-state index is 10.6. The number of carbonyl (C=O) groups is 2. The Kier molecular flexibility index (Phi) is 6.42. The van der Waals surface area contributed by atoms with Gasteiger partial charge in [0.25, 0.3) is 0 Å². The fourth-order valence-electron chi connectivity index (χ4n) is 0.174. The monoisotopic (exact) mass is 214 g/mol. The minimum atomic E-state index is -5.08. The number of ether oxygens (including phenoxy) is 1. The summed E-state index contributed by atoms with van der Waals surface area (Å²) >= 11 is 0. The largest absolute Gasteiger partial charge is 0.490 e. The van der Waals surface area contributed by atoms with E-state index in [0.717, 1.165) is 0 Å². The summed E-state index contributed by atoms with van der Waals surface area (Å²) < 4.78 is 36.0. The number of methoxy groups -OCH3 is 1. The number of esters is 1. The zero-order valence-electron chi connectivity index (χ0n) is 7.51. The van der Waals surface area contributed by atoms with E-state index < -0.39 is 12.1 Å². The lowest BCUT2D eigenvalue weighted by molar-refractivity contribution is -0.192. The molecule has 0 aliphatic carbocycles. The van der Waals surface area contributed by atoms with Gasteiger partial charge in [-0.3, -0.25) is 0 Å². The van der Waals surface area contributed by atoms with Gasteiger partial charge in [-0.1, -0.05) is 6.58 Å². The van der Waals surface area contributed by atoms with Gasteiger partial charge in [0, 0.05) is 5.57 Å². The van der Waals surface area contributed by atoms with Gasteiger partial charge in [-0.15, -0.1) is 0 Å². The third kappa shape index (κ3) is 8.57. The molecule has 0 aliphatic rings. The van der Waals surface area contributed by atoms with E-state index in [2.05, 4.69) is 11.3 Å². The Hall–Kier alpha value is -1.53. The van der Waals surface area contributed by atoms with Crippen LogP contribution in [0.4, 0.5) is 13.2 Å². The molecule has 0 spiro atoms. The highest BCUT2D eigenvalue weighted by molar-refractivity contribution is 5.86. The first-order valence-corrected chi connectivity index (χ1v) is 3.16. The molecule has 4 nitrogen and oxygen atoms in total. The predicted octanol–water partition coefficient (Wildman–Crippen LogP) is 1.37. The van der Waals surface area contributed by atoms with Gasteiger partial charge in [-0.05, 0) is 6.92 Å². The molecule has 0 bridgehead atoms. The van der Waals surface area contributed by atoms with E-state index in [-0.39, 0.29) is 5.97 Å². The van der Waals surface area contributed by atoms with Crippen LogP contribution in [-0.2, 0) is 14.3 Å². The molecule has 0 aromatic rings. The molecule has 0 amide bonds. The Morgan fingerprint density at radius 3 is 1.64 bits per heavy atom. The summed E-state index contributed by atoms with van der Waals surface area (Å²) in [5.74, 6) is -3.10. The number of hydrogen-bond donors (Lipinski definition) is 1. The molecule has 0 saturated carbocycles. The Morgan fingerprint density at radius 2 is 1.64 bits per heavy atom. The highest BCUT2D eigenvalue weighted by Gasteiger charge is 2.38. The van der Waals surface area contributed by atoms with Crippen molar-refractivity contribution < 1.29 is 32.6 Å². The second-order valence-electron chi connectivity index (χ2n) is 2.07. The number of alkyl halides is 3. The lowest BCUT2D eigenvalue weighted by Gasteiger charge is -1.93. The summed E-state index contributed by atoms with van der Waals surface area (Å²) in [5.41, 5.74) is 0.433. The number of halogens is 3. The van der Waals surface area contributed by atoms with Crippen LogP contribution < -0.4 is 0 Å². The summed E-state index contributed by atoms with van der Waals surface area (Å²) in [5, 5.41) is 7.12. The van der Waals surface area contributed by atoms with Gasteiger partial charge >= 0.3 is 18.1 Å². The molecule has 0 unspecified atom stereocenters. The van der Waals surface area contributed by atoms with Crippen molar-refractivity contribution in [2.75, 3.05) is 7.11 Å². The molecule has 0 radical (unpaired) electrons. The smallest absolute Gasteiger partial charge is 0.475 e. The molecule has 0 atom stereocenters. The van der Waals surface area contributed by atoms with Crippen molar-refractivity contribution >= 4 is 11.9 Å². The first kappa shape index (κ1) is 15.0. The van der Waals surface area contributed by atoms with E-state index in [4.69, 9.17) is 9.90 Å². The van der Waals surface area contributed by atoms with Gasteiger partial charge in [0.1, 0.15) is 0 Å². The molecule has 0 aliphatic heterocycles. The minimum Gasteiger partial charge on any atom is -0.475 e. The van der Waals surface area contributed by atoms with Crippen LogP contribution in [0, 0.1) is 0 Å². The molecular formula is C7H9F3O4. The number of rotatable bonds is 1. The second kappa shape index (κ2) is 6.01. The van der Waals surface area contributed by atoms with E-state index >= 15 is 0 Å². The van der Waals surface area contributed by atoms with Crippen LogP contribution in [0.15, 0.2) is 12.2 Å². The van der Waals surface area contributed by atoms with Crippen molar-refractivity contribution in [2.45, 2.75) is 13.1 Å². The van der Waals surface area contributed by atoms with E-state index in [0.29, 0.717) is 5.57 Å². The van der Waals surface area contributed by atoms with Gasteiger partial charge in [0.05, 0.1) is 7.11 Å². The molecule has 7 heteroatoms. The molecule has 14 heavy (non-hydrogen) atoms. The highest BCUT2D eigenvalue weighted by Crippen LogP contribution is 2.13. The third-order valence-electron chi connectivity index (χ3n) is 0.776. The molecule has 1 N–H and O–H groups in total. The topological polar surface area (TPSA) is 63.6 Å². The maximum atomic E-state index is 10.6. The molecule has 0 saturated heterocycles. The van der Waals surface area contributed by atoms with Gasteiger partial charge in [-0.25, -0.2) is 9.59 Å². The molecule has 82 valence electrons. The summed E-state index contributed by atoms with van der Waals surface area (Å²) in [6.07, 6.45) is -5.08. The number of aliphatic carboxylic acids is 1. The molecule has 0 aromatic carbocycles. The summed E-state index contributed by atoms with van der Waals surface area (Å²) in [4.78, 5) is 19.1. The van der Waals surface area contributed by atoms with Gasteiger partial charge in [0.15, 0.2) is 0 Å². The number of hydrogen-bond acceptors (Lipinski definition) is 3. The summed E-state index contributed by atoms with van der Waals surface area (Å²) in [6.45, 7) is 4.95. The predicted molar refractivity (Wildman–Crippen MR) is 40.5 cm³/mol. The number of carboxylic acid groups (broad SMARTS) is 1. The molecule has 0 aromatic heterocycles. The van der Waals surface area contributed by atoms with Gasteiger partial charge < -0.3 is 9.84 Å². The molecule has 0 heterocycles. The standard InChI is InChI=1S/C5H8O2.C2HF3O2/c1-4(2)5(6)7-3;3-2(4,5)1(6)7/h1H2,2-3H3;(H,6,7). The van der Waals surface area contributed by atoms with Crippen molar-refractivity contribution in [2.24, 2.45) is 0 Å². The second-order valence-corrected chi connectivity index (χ2v) is 2.07. The zero-order valence-corrected chi connectivity index (χ0v) is 7.51. The van der Waals surface area contributed by atoms with Gasteiger partial charge in [0.2, 0.25) is 0 Å². The number of carbonyl (C=O) groups excluding carboxylic acids is 1. The van der Waals surface area contributed by atoms with Crippen LogP contribution in [0.5, 0.6) is 0 Å². The zero-order chi connectivity index (χ0) is 11.9. The van der Waals surface area contributed by atoms with Crippen molar-refractivity contribution in [3.05, 3.63) is 12.2 Å². The normalized spacial score (nSPS) is 9.50. The quantitative estimate of drug-likeness (QED) is 0.528. The Bertz CT molecular complexity index is 232. The van der Waals surface area contributed by atoms with E-state index in [1.807, 2.05) is 0 Å². The fourth-order valence-corrected chi connectivity index (χ4v) is 0.174. The van der Waals surface area contributed by atoms with Crippen LogP contribution in [-0.4, -0.2) is 30.3 Å². The lowest BCUT2D eigenvalue weighted by atomic mass is 10.4. The first-order chi connectivity index (χ1) is 6.12. The average molecular weight is 214 g/mol. The third-order valence-corrected chi connectivity index (χ3v) is 0.776. The molecule has 0 rings (SSSR count). The van der Waals surface area contributed by atoms with E-state index in [9.17, 15) is 18.0 Å². The Morgan fingerprint density at radius 1 is 1.36 bits per heavy atom. The lowest BCUT2D eigenvalue weighted by Crippen LogP contribution is -2.21. The van der Waals surface area contributed by atoms with Crippen LogP contribution in [0.25, 0.3) is 0 Å². The van der Waals surface area contributed by atoms with Crippen molar-refractivity contribution in [1.29, 1.82) is 0 Å². The van der Waals surface area contributed by atoms with Crippen molar-refractivity contribution in [1.82, 2.24) is 0 Å². The Labute approximate surface area is 78.0 Å². The van der Waals surface area contributed by atoms with Gasteiger partial charge in [-0.2, -0.15) is 13.2 Å². The van der Waals surface area contributed by atoms with Crippen LogP contribution in [0.1, 0.15) is 6.92 Å². The molecular weight excluding hydrogens is 205 g/mol. The fraction of sp³-hybridized carbons (Fsp3) is 0.429. The maximum Gasteiger partial charge on any atom is 0.490 e. The minimum absolute atomic E-state index is 0.347. The first-order valence-electron chi connectivity index (χ1n) is 3.16. The SMILES string of the molecule is C=C(C)C(=O)OC.O=C(O)C(F)(F)F. The van der Waals surface area contributed by atoms with Crippen molar-refractivity contribution in [3.63, 3.8) is 0 Å². The molecule has 0 fully saturated rings. The number of carboxylic acids is 1. The Balaban J connectivity index is 0. The summed E-state index contributed by atoms with van der Waals surface area (Å²) in [7, 11) is 1.33. The van der Waals surface area contributed by atoms with Crippen LogP contribution in [0.3, 0.4) is 0 Å².